The molecule has 0 aliphatic carbocycles. The van der Waals surface area contributed by atoms with E-state index in [2.05, 4.69) is 11.1 Å². The average Bonchev–Trinajstić information content (AvgIpc) is 2.80. The van der Waals surface area contributed by atoms with Gasteiger partial charge in [0.2, 0.25) is 17.0 Å². The number of fused-ring (bicyclic) bond motifs is 1. The Morgan fingerprint density at radius 3 is 1.76 bits per heavy atom. The number of nitrogens with zero attached hydrogens (tertiary/aromatic N) is 3. The normalized spacial score (nSPS) is 10.9. The Bertz CT molecular complexity index is 1290. The third-order valence-corrected chi connectivity index (χ3v) is 4.87. The molecule has 0 fully saturated rings. The van der Waals surface area contributed by atoms with Crippen LogP contribution in [-0.4, -0.2) is 10.1 Å². The van der Waals surface area contributed by atoms with Gasteiger partial charge in [-0.25, -0.2) is 4.98 Å². The van der Waals surface area contributed by atoms with Gasteiger partial charge in [-0.05, 0) is 27.8 Å². The lowest BCUT2D eigenvalue weighted by Crippen LogP contribution is -2.32. The molecule has 5 rings (SSSR count). The molecule has 0 aliphatic rings. The molecule has 2 heterocycles. The van der Waals surface area contributed by atoms with Crippen molar-refractivity contribution in [3.63, 3.8) is 0 Å². The first-order valence-corrected chi connectivity index (χ1v) is 9.41. The fourth-order valence-electron chi connectivity index (χ4n) is 3.44. The van der Waals surface area contributed by atoms with Gasteiger partial charge in [0.05, 0.1) is 5.88 Å². The summed E-state index contributed by atoms with van der Waals surface area (Å²) in [4.78, 5) is 4.25. The van der Waals surface area contributed by atoms with Gasteiger partial charge >= 0.3 is 0 Å². The Morgan fingerprint density at radius 1 is 0.586 bits per heavy atom. The Kier molecular flexibility index (Phi) is 4.22. The zero-order chi connectivity index (χ0) is 19.6. The van der Waals surface area contributed by atoms with Gasteiger partial charge in [0.15, 0.2) is 0 Å². The highest BCUT2D eigenvalue weighted by atomic mass is 16.3. The summed E-state index contributed by atoms with van der Waals surface area (Å²) in [5.74, 6) is 0.117. The number of hydrogen-bond donors (Lipinski definition) is 0. The van der Waals surface area contributed by atoms with Gasteiger partial charge in [-0.2, -0.15) is 0 Å². The third kappa shape index (κ3) is 3.21. The first-order valence-electron chi connectivity index (χ1n) is 9.41. The number of hydrogen-bond acceptors (Lipinski definition) is 3. The monoisotopic (exact) mass is 375 g/mol. The topological polar surface area (TPSA) is 52.9 Å². The van der Waals surface area contributed by atoms with Crippen LogP contribution in [0, 0.1) is 0 Å². The highest BCUT2D eigenvalue weighted by Gasteiger charge is 2.20. The molecule has 0 radical (unpaired) electrons. The molecular formula is C25H17N3O. The lowest BCUT2D eigenvalue weighted by molar-refractivity contribution is -0.572. The van der Waals surface area contributed by atoms with Crippen molar-refractivity contribution >= 4 is 5.52 Å². The second kappa shape index (κ2) is 7.17. The van der Waals surface area contributed by atoms with Crippen molar-refractivity contribution < 1.29 is 9.62 Å². The van der Waals surface area contributed by atoms with Crippen LogP contribution in [0.15, 0.2) is 103 Å². The second-order valence-corrected chi connectivity index (χ2v) is 6.76. The maximum Gasteiger partial charge on any atom is 0.250 e. The second-order valence-electron chi connectivity index (χ2n) is 6.76. The van der Waals surface area contributed by atoms with Gasteiger partial charge < -0.3 is 5.11 Å². The Hall–Kier alpha value is -4.05. The number of aromatic nitrogens is 3. The molecule has 0 saturated heterocycles. The van der Waals surface area contributed by atoms with Crippen LogP contribution in [0.3, 0.4) is 0 Å². The minimum Gasteiger partial charge on any atom is -0.854 e. The standard InChI is InChI=1S/C25H17N3O/c29-25-23-17-21(18-10-4-1-5-11-18)16-22(19-12-6-2-7-13-19)28(23)27-24(26-25)20-14-8-3-9-15-20/h1-17H. The highest BCUT2D eigenvalue weighted by molar-refractivity contribution is 5.74. The molecular weight excluding hydrogens is 358 g/mol. The summed E-state index contributed by atoms with van der Waals surface area (Å²) in [6, 6.07) is 33.5. The fourth-order valence-corrected chi connectivity index (χ4v) is 3.44. The Morgan fingerprint density at radius 2 is 1.14 bits per heavy atom. The van der Waals surface area contributed by atoms with E-state index in [4.69, 9.17) is 5.10 Å². The molecule has 3 aromatic carbocycles. The minimum atomic E-state index is -0.297. The van der Waals surface area contributed by atoms with Gasteiger partial charge in [0.1, 0.15) is 0 Å². The largest absolute Gasteiger partial charge is 0.854 e. The molecule has 0 unspecified atom stereocenters. The SMILES string of the molecule is [O-]c1nc(-c2ccccc2)n[n+]2c(-c3ccccc3)cc(-c3ccccc3)cc12. The van der Waals surface area contributed by atoms with Crippen LogP contribution >= 0.6 is 0 Å². The van der Waals surface area contributed by atoms with Crippen LogP contribution in [0.1, 0.15) is 0 Å². The van der Waals surface area contributed by atoms with E-state index >= 15 is 0 Å². The van der Waals surface area contributed by atoms with Crippen molar-refractivity contribution in [2.45, 2.75) is 0 Å². The van der Waals surface area contributed by atoms with Crippen molar-refractivity contribution in [1.29, 1.82) is 0 Å². The summed E-state index contributed by atoms with van der Waals surface area (Å²) in [7, 11) is 0. The average molecular weight is 375 g/mol. The third-order valence-electron chi connectivity index (χ3n) is 4.87. The highest BCUT2D eigenvalue weighted by Crippen LogP contribution is 2.27. The predicted octanol–water partition coefficient (Wildman–Crippen LogP) is 4.29. The maximum absolute atomic E-state index is 13.0. The Balaban J connectivity index is 1.82. The van der Waals surface area contributed by atoms with Crippen molar-refractivity contribution in [3.05, 3.63) is 103 Å². The summed E-state index contributed by atoms with van der Waals surface area (Å²) in [6.45, 7) is 0. The molecule has 0 atom stereocenters. The van der Waals surface area contributed by atoms with E-state index in [1.54, 1.807) is 4.52 Å². The molecule has 0 N–H and O–H groups in total. The molecule has 4 heteroatoms. The van der Waals surface area contributed by atoms with E-state index in [0.717, 1.165) is 27.9 Å². The molecule has 2 aromatic heterocycles. The molecule has 0 bridgehead atoms. The van der Waals surface area contributed by atoms with Crippen molar-refractivity contribution in [2.24, 2.45) is 0 Å². The molecule has 29 heavy (non-hydrogen) atoms. The van der Waals surface area contributed by atoms with Crippen LogP contribution in [0.2, 0.25) is 0 Å². The van der Waals surface area contributed by atoms with Crippen LogP contribution in [-0.2, 0) is 0 Å². The molecule has 4 nitrogen and oxygen atoms in total. The lowest BCUT2D eigenvalue weighted by Gasteiger charge is -2.10. The molecule has 0 aliphatic heterocycles. The summed E-state index contributed by atoms with van der Waals surface area (Å²) in [5.41, 5.74) is 5.09. The predicted molar refractivity (Wildman–Crippen MR) is 111 cm³/mol. The van der Waals surface area contributed by atoms with Crippen LogP contribution in [0.5, 0.6) is 5.88 Å². The zero-order valence-electron chi connectivity index (χ0n) is 15.6. The number of rotatable bonds is 3. The summed E-state index contributed by atoms with van der Waals surface area (Å²) >= 11 is 0. The smallest absolute Gasteiger partial charge is 0.250 e. The van der Waals surface area contributed by atoms with Gasteiger partial charge in [-0.1, -0.05) is 78.9 Å². The Labute approximate surface area is 168 Å². The molecule has 138 valence electrons. The summed E-state index contributed by atoms with van der Waals surface area (Å²) in [6.07, 6.45) is 0. The summed E-state index contributed by atoms with van der Waals surface area (Å²) in [5, 5.41) is 17.7. The van der Waals surface area contributed by atoms with E-state index in [1.807, 2.05) is 97.1 Å². The lowest BCUT2D eigenvalue weighted by atomic mass is 10.0. The summed E-state index contributed by atoms with van der Waals surface area (Å²) < 4.78 is 1.71. The molecule has 0 saturated carbocycles. The first kappa shape index (κ1) is 17.1. The van der Waals surface area contributed by atoms with E-state index in [-0.39, 0.29) is 5.88 Å². The molecule has 0 amide bonds. The van der Waals surface area contributed by atoms with Gasteiger partial charge in [-0.3, -0.25) is 0 Å². The van der Waals surface area contributed by atoms with Crippen molar-refractivity contribution in [3.8, 4) is 39.7 Å². The van der Waals surface area contributed by atoms with Crippen molar-refractivity contribution in [1.82, 2.24) is 10.1 Å². The molecule has 0 spiro atoms. The van der Waals surface area contributed by atoms with Gasteiger partial charge in [-0.15, -0.1) is 0 Å². The van der Waals surface area contributed by atoms with Gasteiger partial charge in [0, 0.05) is 28.4 Å². The zero-order valence-corrected chi connectivity index (χ0v) is 15.6. The van der Waals surface area contributed by atoms with Crippen LogP contribution in [0.25, 0.3) is 39.3 Å². The molecule has 5 aromatic rings. The first-order chi connectivity index (χ1) is 14.3. The van der Waals surface area contributed by atoms with Crippen molar-refractivity contribution in [2.75, 3.05) is 0 Å². The number of pyridine rings is 1. The van der Waals surface area contributed by atoms with E-state index in [1.165, 1.54) is 0 Å². The van der Waals surface area contributed by atoms with E-state index in [9.17, 15) is 5.11 Å². The van der Waals surface area contributed by atoms with Gasteiger partial charge in [0.25, 0.3) is 0 Å². The van der Waals surface area contributed by atoms with Crippen LogP contribution in [0.4, 0.5) is 0 Å². The quantitative estimate of drug-likeness (QED) is 0.442. The van der Waals surface area contributed by atoms with E-state index in [0.29, 0.717) is 11.3 Å². The minimum absolute atomic E-state index is 0.297. The fraction of sp³-hybridized carbons (Fsp3) is 0. The maximum atomic E-state index is 13.0. The number of benzene rings is 3. The van der Waals surface area contributed by atoms with E-state index < -0.39 is 0 Å². The van der Waals surface area contributed by atoms with Crippen LogP contribution < -0.4 is 9.62 Å².